The highest BCUT2D eigenvalue weighted by atomic mass is 32.2. The summed E-state index contributed by atoms with van der Waals surface area (Å²) < 4.78 is 28.1. The Morgan fingerprint density at radius 3 is 2.18 bits per heavy atom. The number of benzene rings is 2. The molecule has 0 N–H and O–H groups in total. The van der Waals surface area contributed by atoms with Crippen molar-refractivity contribution in [1.29, 1.82) is 0 Å². The van der Waals surface area contributed by atoms with Gasteiger partial charge >= 0.3 is 0 Å². The van der Waals surface area contributed by atoms with Gasteiger partial charge in [-0.2, -0.15) is 4.31 Å². The molecule has 2 aromatic rings. The lowest BCUT2D eigenvalue weighted by Crippen LogP contribution is -2.52. The van der Waals surface area contributed by atoms with Crippen LogP contribution >= 0.6 is 0 Å². The third-order valence-corrected chi connectivity index (χ3v) is 8.90. The van der Waals surface area contributed by atoms with E-state index < -0.39 is 10.0 Å². The molecule has 1 amide bonds. The van der Waals surface area contributed by atoms with Crippen LogP contribution in [0.1, 0.15) is 44.7 Å². The Hall–Kier alpha value is -2.22. The highest BCUT2D eigenvalue weighted by molar-refractivity contribution is 7.89. The molecule has 1 unspecified atom stereocenters. The van der Waals surface area contributed by atoms with Crippen LogP contribution in [0, 0.1) is 5.92 Å². The first-order chi connectivity index (χ1) is 16.1. The van der Waals surface area contributed by atoms with Gasteiger partial charge in [0.05, 0.1) is 10.8 Å². The number of hydrogen-bond acceptors (Lipinski definition) is 4. The molecular weight excluding hydrogens is 446 g/mol. The quantitative estimate of drug-likeness (QED) is 0.650. The second-order valence-corrected chi connectivity index (χ2v) is 12.5. The Kier molecular flexibility index (Phi) is 7.45. The number of carbonyl (C=O) groups is 1. The lowest BCUT2D eigenvalue weighted by atomic mass is 9.87. The zero-order valence-corrected chi connectivity index (χ0v) is 21.4. The van der Waals surface area contributed by atoms with Crippen LogP contribution in [-0.4, -0.2) is 67.7 Å². The maximum atomic E-state index is 13.3. The number of sulfonamides is 1. The summed E-state index contributed by atoms with van der Waals surface area (Å²) in [5.74, 6) is -0.166. The summed E-state index contributed by atoms with van der Waals surface area (Å²) in [6, 6.07) is 17.6. The van der Waals surface area contributed by atoms with Crippen LogP contribution in [0.2, 0.25) is 0 Å². The second-order valence-electron chi connectivity index (χ2n) is 10.6. The Morgan fingerprint density at radius 2 is 1.56 bits per heavy atom. The summed E-state index contributed by atoms with van der Waals surface area (Å²) in [5, 5.41) is 0. The summed E-state index contributed by atoms with van der Waals surface area (Å²) in [5.41, 5.74) is 2.35. The minimum absolute atomic E-state index is 0.0317. The monoisotopic (exact) mass is 483 g/mol. The Labute approximate surface area is 204 Å². The van der Waals surface area contributed by atoms with Crippen molar-refractivity contribution in [2.75, 3.05) is 39.3 Å². The first kappa shape index (κ1) is 24.9. The first-order valence-electron chi connectivity index (χ1n) is 12.3. The van der Waals surface area contributed by atoms with Gasteiger partial charge < -0.3 is 4.90 Å². The van der Waals surface area contributed by atoms with E-state index >= 15 is 0 Å². The average molecular weight is 484 g/mol. The van der Waals surface area contributed by atoms with Gasteiger partial charge in [-0.25, -0.2) is 8.42 Å². The van der Waals surface area contributed by atoms with Crippen LogP contribution < -0.4 is 0 Å². The van der Waals surface area contributed by atoms with Crippen LogP contribution in [0.15, 0.2) is 59.5 Å². The van der Waals surface area contributed by atoms with Crippen LogP contribution in [0.3, 0.4) is 0 Å². The average Bonchev–Trinajstić information content (AvgIpc) is 2.84. The van der Waals surface area contributed by atoms with Crippen molar-refractivity contribution in [1.82, 2.24) is 14.1 Å². The fourth-order valence-corrected chi connectivity index (χ4v) is 6.39. The summed E-state index contributed by atoms with van der Waals surface area (Å²) in [4.78, 5) is 17.9. The van der Waals surface area contributed by atoms with Gasteiger partial charge in [0.15, 0.2) is 0 Å². The van der Waals surface area contributed by atoms with Crippen molar-refractivity contribution >= 4 is 15.9 Å². The minimum atomic E-state index is -3.61. The number of carbonyl (C=O) groups excluding carboxylic acids is 1. The zero-order chi connectivity index (χ0) is 24.3. The van der Waals surface area contributed by atoms with E-state index in [4.69, 9.17) is 0 Å². The summed E-state index contributed by atoms with van der Waals surface area (Å²) in [6.07, 6.45) is 1.46. The van der Waals surface area contributed by atoms with E-state index in [9.17, 15) is 13.2 Å². The largest absolute Gasteiger partial charge is 0.340 e. The van der Waals surface area contributed by atoms with Crippen LogP contribution in [0.25, 0.3) is 0 Å². The molecule has 2 aliphatic heterocycles. The molecule has 2 saturated heterocycles. The molecule has 2 aliphatic rings. The molecule has 2 aromatic carbocycles. The number of hydrogen-bond donors (Lipinski definition) is 0. The number of nitrogens with zero attached hydrogens (tertiary/aromatic N) is 3. The van der Waals surface area contributed by atoms with Gasteiger partial charge in [0.2, 0.25) is 15.9 Å². The van der Waals surface area contributed by atoms with Crippen molar-refractivity contribution < 1.29 is 13.2 Å². The van der Waals surface area contributed by atoms with Crippen molar-refractivity contribution in [2.24, 2.45) is 5.92 Å². The summed E-state index contributed by atoms with van der Waals surface area (Å²) >= 11 is 0. The molecule has 0 saturated carbocycles. The second kappa shape index (κ2) is 10.2. The molecule has 4 rings (SSSR count). The summed E-state index contributed by atoms with van der Waals surface area (Å²) in [7, 11) is -3.61. The molecule has 0 spiro atoms. The third kappa shape index (κ3) is 5.70. The number of piperazine rings is 1. The molecule has 2 fully saturated rings. The third-order valence-electron chi connectivity index (χ3n) is 7.02. The van der Waals surface area contributed by atoms with Crippen LogP contribution in [-0.2, 0) is 26.8 Å². The van der Waals surface area contributed by atoms with Gasteiger partial charge in [-0.15, -0.1) is 0 Å². The van der Waals surface area contributed by atoms with E-state index in [0.717, 1.165) is 31.6 Å². The maximum absolute atomic E-state index is 13.3. The van der Waals surface area contributed by atoms with Gasteiger partial charge in [-0.1, -0.05) is 63.2 Å². The Balaban J connectivity index is 1.35. The fourth-order valence-electron chi connectivity index (χ4n) is 4.86. The molecule has 1 atom stereocenters. The first-order valence-corrected chi connectivity index (χ1v) is 13.7. The smallest absolute Gasteiger partial charge is 0.243 e. The van der Waals surface area contributed by atoms with Gasteiger partial charge in [0.1, 0.15) is 0 Å². The van der Waals surface area contributed by atoms with Gasteiger partial charge in [0.25, 0.3) is 0 Å². The molecule has 0 radical (unpaired) electrons. The Morgan fingerprint density at radius 1 is 0.912 bits per heavy atom. The van der Waals surface area contributed by atoms with E-state index in [1.54, 1.807) is 12.1 Å². The Bertz CT molecular complexity index is 1070. The van der Waals surface area contributed by atoms with Crippen LogP contribution in [0.4, 0.5) is 0 Å². The topological polar surface area (TPSA) is 60.9 Å². The maximum Gasteiger partial charge on any atom is 0.243 e. The van der Waals surface area contributed by atoms with Crippen molar-refractivity contribution in [3.63, 3.8) is 0 Å². The lowest BCUT2D eigenvalue weighted by molar-refractivity contribution is -0.138. The van der Waals surface area contributed by atoms with E-state index in [2.05, 4.69) is 49.9 Å². The zero-order valence-electron chi connectivity index (χ0n) is 20.6. The van der Waals surface area contributed by atoms with E-state index in [0.29, 0.717) is 31.0 Å². The lowest BCUT2D eigenvalue weighted by Gasteiger charge is -2.38. The SMILES string of the molecule is CC(C)(C)c1ccc(S(=O)(=O)N2CCCC(C(=O)N3CCN(Cc4ccccc4)CC3)C2)cc1. The van der Waals surface area contributed by atoms with E-state index in [1.807, 2.05) is 23.1 Å². The van der Waals surface area contributed by atoms with Crippen molar-refractivity contribution in [2.45, 2.75) is 50.5 Å². The molecule has 2 heterocycles. The standard InChI is InChI=1S/C27H37N3O3S/c1-27(2,3)24-11-13-25(14-12-24)34(32,33)30-15-7-10-23(21-30)26(31)29-18-16-28(17-19-29)20-22-8-5-4-6-9-22/h4-6,8-9,11-14,23H,7,10,15-21H2,1-3H3. The molecule has 184 valence electrons. The molecule has 0 aromatic heterocycles. The predicted octanol–water partition coefficient (Wildman–Crippen LogP) is 3.73. The fraction of sp³-hybridized carbons (Fsp3) is 0.519. The minimum Gasteiger partial charge on any atom is -0.340 e. The predicted molar refractivity (Wildman–Crippen MR) is 135 cm³/mol. The molecule has 34 heavy (non-hydrogen) atoms. The number of rotatable bonds is 5. The van der Waals surface area contributed by atoms with Gasteiger partial charge in [0, 0.05) is 45.8 Å². The number of amides is 1. The van der Waals surface area contributed by atoms with Gasteiger partial charge in [-0.3, -0.25) is 9.69 Å². The number of piperidine rings is 1. The van der Waals surface area contributed by atoms with Gasteiger partial charge in [-0.05, 0) is 41.5 Å². The van der Waals surface area contributed by atoms with E-state index in [1.165, 1.54) is 9.87 Å². The summed E-state index contributed by atoms with van der Waals surface area (Å²) in [6.45, 7) is 11.0. The normalized spacial score (nSPS) is 20.9. The van der Waals surface area contributed by atoms with Crippen molar-refractivity contribution in [3.05, 3.63) is 65.7 Å². The highest BCUT2D eigenvalue weighted by Gasteiger charge is 2.36. The van der Waals surface area contributed by atoms with Crippen molar-refractivity contribution in [3.8, 4) is 0 Å². The molecule has 7 heteroatoms. The van der Waals surface area contributed by atoms with Crippen LogP contribution in [0.5, 0.6) is 0 Å². The highest BCUT2D eigenvalue weighted by Crippen LogP contribution is 2.28. The molecular formula is C27H37N3O3S. The molecule has 6 nitrogen and oxygen atoms in total. The van der Waals surface area contributed by atoms with E-state index in [-0.39, 0.29) is 23.8 Å². The molecule has 0 bridgehead atoms. The molecule has 0 aliphatic carbocycles.